The average Bonchev–Trinajstić information content (AvgIpc) is 2.28. The average molecular weight is 261 g/mol. The lowest BCUT2D eigenvalue weighted by Gasteiger charge is -2.02. The van der Waals surface area contributed by atoms with E-state index in [9.17, 15) is 13.2 Å². The largest absolute Gasteiger partial charge is 0.293 e. The van der Waals surface area contributed by atoms with E-state index in [4.69, 9.17) is 11.6 Å². The number of hydrogen-bond acceptors (Lipinski definition) is 3. The van der Waals surface area contributed by atoms with E-state index in [0.717, 1.165) is 0 Å². The molecule has 0 heterocycles. The van der Waals surface area contributed by atoms with Crippen LogP contribution < -0.4 is 0 Å². The maximum absolute atomic E-state index is 11.4. The van der Waals surface area contributed by atoms with E-state index in [-0.39, 0.29) is 23.2 Å². The van der Waals surface area contributed by atoms with Crippen molar-refractivity contribution in [3.8, 4) is 0 Å². The summed E-state index contributed by atoms with van der Waals surface area (Å²) in [6.07, 6.45) is 0. The van der Waals surface area contributed by atoms with Crippen molar-refractivity contribution in [2.45, 2.75) is 12.7 Å². The Hall–Kier alpha value is -0.870. The highest BCUT2D eigenvalue weighted by Gasteiger charge is 2.09. The predicted octanol–water partition coefficient (Wildman–Crippen LogP) is 2.04. The number of benzene rings is 1. The first-order chi connectivity index (χ1) is 7.48. The summed E-state index contributed by atoms with van der Waals surface area (Å²) in [5.74, 6) is -0.0903. The molecule has 0 N–H and O–H groups in total. The van der Waals surface area contributed by atoms with Gasteiger partial charge in [-0.25, -0.2) is 8.42 Å². The third-order valence-electron chi connectivity index (χ3n) is 2.22. The molecule has 0 amide bonds. The Balaban J connectivity index is 2.84. The Morgan fingerprint density at radius 1 is 1.25 bits per heavy atom. The Kier molecular flexibility index (Phi) is 4.50. The van der Waals surface area contributed by atoms with Gasteiger partial charge in [-0.15, -0.1) is 11.6 Å². The Labute approximate surface area is 100 Å². The van der Waals surface area contributed by atoms with Crippen LogP contribution in [0.5, 0.6) is 0 Å². The number of rotatable bonds is 5. The Morgan fingerprint density at radius 2 is 1.81 bits per heavy atom. The van der Waals surface area contributed by atoms with E-state index < -0.39 is 9.84 Å². The van der Waals surface area contributed by atoms with Gasteiger partial charge in [0, 0.05) is 11.3 Å². The molecule has 3 nitrogen and oxygen atoms in total. The standard InChI is InChI=1S/C11H13ClO3S/c1-2-16(14,15)8-9-3-5-10(6-4-9)11(13)7-12/h3-6H,2,7-8H2,1H3. The molecule has 88 valence electrons. The highest BCUT2D eigenvalue weighted by molar-refractivity contribution is 7.90. The zero-order valence-corrected chi connectivity index (χ0v) is 10.5. The summed E-state index contributed by atoms with van der Waals surface area (Å²) in [5.41, 5.74) is 1.20. The lowest BCUT2D eigenvalue weighted by molar-refractivity contribution is 0.102. The first kappa shape index (κ1) is 13.2. The topological polar surface area (TPSA) is 51.2 Å². The van der Waals surface area contributed by atoms with Crippen LogP contribution in [-0.2, 0) is 15.6 Å². The van der Waals surface area contributed by atoms with E-state index in [0.29, 0.717) is 11.1 Å². The number of carbonyl (C=O) groups is 1. The third-order valence-corrected chi connectivity index (χ3v) is 4.12. The molecule has 0 bridgehead atoms. The van der Waals surface area contributed by atoms with Gasteiger partial charge in [-0.2, -0.15) is 0 Å². The van der Waals surface area contributed by atoms with Crippen LogP contribution in [0.25, 0.3) is 0 Å². The number of ketones is 1. The molecule has 1 rings (SSSR count). The van der Waals surface area contributed by atoms with Crippen LogP contribution >= 0.6 is 11.6 Å². The van der Waals surface area contributed by atoms with Gasteiger partial charge >= 0.3 is 0 Å². The summed E-state index contributed by atoms with van der Waals surface area (Å²) in [6, 6.07) is 6.50. The molecule has 1 aromatic rings. The fraction of sp³-hybridized carbons (Fsp3) is 0.364. The monoisotopic (exact) mass is 260 g/mol. The number of Topliss-reactive ketones (excluding diaryl/α,β-unsaturated/α-hetero) is 1. The quantitative estimate of drug-likeness (QED) is 0.601. The van der Waals surface area contributed by atoms with Gasteiger partial charge in [0.1, 0.15) is 0 Å². The summed E-state index contributed by atoms with van der Waals surface area (Å²) in [5, 5.41) is 0. The second-order valence-corrected chi connectivity index (χ2v) is 6.05. The Bertz CT molecular complexity index is 463. The molecule has 0 aliphatic carbocycles. The third kappa shape index (κ3) is 3.61. The van der Waals surface area contributed by atoms with Gasteiger partial charge in [0.05, 0.1) is 11.6 Å². The van der Waals surface area contributed by atoms with Crippen LogP contribution in [0.1, 0.15) is 22.8 Å². The Morgan fingerprint density at radius 3 is 2.25 bits per heavy atom. The van der Waals surface area contributed by atoms with Gasteiger partial charge in [-0.1, -0.05) is 31.2 Å². The highest BCUT2D eigenvalue weighted by atomic mass is 35.5. The van der Waals surface area contributed by atoms with Gasteiger partial charge in [0.25, 0.3) is 0 Å². The van der Waals surface area contributed by atoms with Crippen LogP contribution in [0.2, 0.25) is 0 Å². The van der Waals surface area contributed by atoms with Crippen LogP contribution in [0, 0.1) is 0 Å². The van der Waals surface area contributed by atoms with Gasteiger partial charge < -0.3 is 0 Å². The molecule has 0 aromatic heterocycles. The summed E-state index contributed by atoms with van der Waals surface area (Å²) in [7, 11) is -3.02. The normalized spacial score (nSPS) is 11.4. The van der Waals surface area contributed by atoms with Crippen molar-refractivity contribution < 1.29 is 13.2 Å². The van der Waals surface area contributed by atoms with E-state index in [1.807, 2.05) is 0 Å². The second kappa shape index (κ2) is 5.46. The summed E-state index contributed by atoms with van der Waals surface area (Å²) in [4.78, 5) is 11.2. The van der Waals surface area contributed by atoms with Gasteiger partial charge in [-0.3, -0.25) is 4.79 Å². The fourth-order valence-corrected chi connectivity index (χ4v) is 2.28. The van der Waals surface area contributed by atoms with E-state index >= 15 is 0 Å². The maximum Gasteiger partial charge on any atom is 0.177 e. The van der Waals surface area contributed by atoms with Gasteiger partial charge in [-0.05, 0) is 5.56 Å². The molecule has 5 heteroatoms. The van der Waals surface area contributed by atoms with Gasteiger partial charge in [0.15, 0.2) is 15.6 Å². The number of sulfone groups is 1. The highest BCUT2D eigenvalue weighted by Crippen LogP contribution is 2.10. The molecule has 0 aliphatic heterocycles. The zero-order chi connectivity index (χ0) is 12.2. The van der Waals surface area contributed by atoms with Crippen molar-refractivity contribution in [3.05, 3.63) is 35.4 Å². The van der Waals surface area contributed by atoms with Crippen LogP contribution in [0.3, 0.4) is 0 Å². The lowest BCUT2D eigenvalue weighted by Crippen LogP contribution is -2.07. The van der Waals surface area contributed by atoms with Crippen LogP contribution in [-0.4, -0.2) is 25.8 Å². The van der Waals surface area contributed by atoms with Gasteiger partial charge in [0.2, 0.25) is 0 Å². The fourth-order valence-electron chi connectivity index (χ4n) is 1.22. The van der Waals surface area contributed by atoms with Crippen LogP contribution in [0.4, 0.5) is 0 Å². The number of carbonyl (C=O) groups excluding carboxylic acids is 1. The molecule has 0 aliphatic rings. The summed E-state index contributed by atoms with van der Waals surface area (Å²) in [6.45, 7) is 1.61. The number of alkyl halides is 1. The molecule has 0 fully saturated rings. The molecular weight excluding hydrogens is 248 g/mol. The lowest BCUT2D eigenvalue weighted by atomic mass is 10.1. The molecular formula is C11H13ClO3S. The molecule has 0 radical (unpaired) electrons. The minimum Gasteiger partial charge on any atom is -0.293 e. The minimum absolute atomic E-state index is 0.0127. The first-order valence-electron chi connectivity index (χ1n) is 4.87. The molecule has 0 saturated carbocycles. The van der Waals surface area contributed by atoms with Crippen molar-refractivity contribution in [1.29, 1.82) is 0 Å². The molecule has 16 heavy (non-hydrogen) atoms. The zero-order valence-electron chi connectivity index (χ0n) is 8.94. The molecule has 0 atom stereocenters. The molecule has 0 unspecified atom stereocenters. The molecule has 1 aromatic carbocycles. The molecule has 0 spiro atoms. The van der Waals surface area contributed by atoms with Crippen LogP contribution in [0.15, 0.2) is 24.3 Å². The van der Waals surface area contributed by atoms with Crippen molar-refractivity contribution in [1.82, 2.24) is 0 Å². The predicted molar refractivity (Wildman–Crippen MR) is 64.7 cm³/mol. The van der Waals surface area contributed by atoms with Crippen molar-refractivity contribution in [3.63, 3.8) is 0 Å². The van der Waals surface area contributed by atoms with E-state index in [1.165, 1.54) is 0 Å². The molecule has 0 saturated heterocycles. The smallest absolute Gasteiger partial charge is 0.177 e. The maximum atomic E-state index is 11.4. The number of hydrogen-bond donors (Lipinski definition) is 0. The summed E-state index contributed by atoms with van der Waals surface area (Å²) < 4.78 is 22.7. The number of halogens is 1. The van der Waals surface area contributed by atoms with Crippen molar-refractivity contribution in [2.75, 3.05) is 11.6 Å². The van der Waals surface area contributed by atoms with Crippen molar-refractivity contribution in [2.24, 2.45) is 0 Å². The van der Waals surface area contributed by atoms with Crippen molar-refractivity contribution >= 4 is 27.2 Å². The van der Waals surface area contributed by atoms with E-state index in [1.54, 1.807) is 31.2 Å². The second-order valence-electron chi connectivity index (χ2n) is 3.43. The SMILES string of the molecule is CCS(=O)(=O)Cc1ccc(C(=O)CCl)cc1. The van der Waals surface area contributed by atoms with E-state index in [2.05, 4.69) is 0 Å². The first-order valence-corrected chi connectivity index (χ1v) is 7.22. The minimum atomic E-state index is -3.02. The summed E-state index contributed by atoms with van der Waals surface area (Å²) >= 11 is 5.41.